The fourth-order valence-electron chi connectivity index (χ4n) is 1.63. The van der Waals surface area contributed by atoms with Gasteiger partial charge in [-0.05, 0) is 0 Å². The van der Waals surface area contributed by atoms with Crippen LogP contribution < -0.4 is 5.32 Å². The molecule has 2 N–H and O–H groups in total. The third-order valence-electron chi connectivity index (χ3n) is 2.20. The van der Waals surface area contributed by atoms with Crippen LogP contribution in [0, 0.1) is 0 Å². The fourth-order valence-corrected chi connectivity index (χ4v) is 1.63. The molecule has 0 fully saturated rings. The topological polar surface area (TPSA) is 58.5 Å². The van der Waals surface area contributed by atoms with Crippen LogP contribution in [0.2, 0.25) is 0 Å². The maximum Gasteiger partial charge on any atom is 0.179 e. The quantitative estimate of drug-likeness (QED) is 0.568. The van der Waals surface area contributed by atoms with Crippen molar-refractivity contribution in [1.29, 1.82) is 0 Å². The van der Waals surface area contributed by atoms with Gasteiger partial charge in [-0.3, -0.25) is 0 Å². The monoisotopic (exact) mass is 163 g/mol. The summed E-state index contributed by atoms with van der Waals surface area (Å²) in [6, 6.07) is 0. The molecule has 0 saturated carbocycles. The van der Waals surface area contributed by atoms with E-state index in [1.807, 2.05) is 0 Å². The van der Waals surface area contributed by atoms with Gasteiger partial charge in [-0.25, -0.2) is 9.97 Å². The predicted molar refractivity (Wildman–Crippen MR) is 43.6 cm³/mol. The molecular formula is C7H9N5. The van der Waals surface area contributed by atoms with Crippen molar-refractivity contribution in [2.75, 3.05) is 6.54 Å². The first-order valence-corrected chi connectivity index (χ1v) is 4.04. The van der Waals surface area contributed by atoms with Crippen molar-refractivity contribution in [2.45, 2.75) is 13.1 Å². The molecule has 0 amide bonds. The van der Waals surface area contributed by atoms with Gasteiger partial charge in [-0.1, -0.05) is 0 Å². The van der Waals surface area contributed by atoms with Crippen molar-refractivity contribution < 1.29 is 0 Å². The van der Waals surface area contributed by atoms with E-state index in [-0.39, 0.29) is 0 Å². The normalized spacial score (nSPS) is 16.7. The predicted octanol–water partition coefficient (Wildman–Crippen LogP) is -0.137. The van der Waals surface area contributed by atoms with Gasteiger partial charge in [0.15, 0.2) is 11.3 Å². The fraction of sp³-hybridized carbons (Fsp3) is 0.429. The second-order valence-electron chi connectivity index (χ2n) is 2.93. The van der Waals surface area contributed by atoms with Crippen molar-refractivity contribution in [1.82, 2.24) is 24.8 Å². The number of nitrogens with zero attached hydrogens (tertiary/aromatic N) is 3. The Kier molecular flexibility index (Phi) is 1.07. The zero-order chi connectivity index (χ0) is 7.97. The van der Waals surface area contributed by atoms with E-state index >= 15 is 0 Å². The van der Waals surface area contributed by atoms with Crippen molar-refractivity contribution in [3.8, 4) is 0 Å². The molecule has 3 rings (SSSR count). The molecule has 0 atom stereocenters. The highest BCUT2D eigenvalue weighted by molar-refractivity contribution is 5.66. The van der Waals surface area contributed by atoms with Gasteiger partial charge in [-0.2, -0.15) is 0 Å². The van der Waals surface area contributed by atoms with Crippen LogP contribution in [0.4, 0.5) is 0 Å². The summed E-state index contributed by atoms with van der Waals surface area (Å²) < 4.78 is 2.16. The zero-order valence-electron chi connectivity index (χ0n) is 6.54. The Morgan fingerprint density at radius 1 is 1.50 bits per heavy atom. The second kappa shape index (κ2) is 2.07. The first kappa shape index (κ1) is 6.19. The van der Waals surface area contributed by atoms with Gasteiger partial charge in [0.1, 0.15) is 5.82 Å². The number of aromatic amines is 1. The lowest BCUT2D eigenvalue weighted by Gasteiger charge is -2.14. The van der Waals surface area contributed by atoms with E-state index in [9.17, 15) is 0 Å². The van der Waals surface area contributed by atoms with Crippen molar-refractivity contribution in [2.24, 2.45) is 0 Å². The minimum absolute atomic E-state index is 0.851. The van der Waals surface area contributed by atoms with Crippen LogP contribution in [0.3, 0.4) is 0 Å². The third kappa shape index (κ3) is 0.660. The molecule has 0 bridgehead atoms. The van der Waals surface area contributed by atoms with Crippen molar-refractivity contribution in [3.63, 3.8) is 0 Å². The average Bonchev–Trinajstić information content (AvgIpc) is 2.62. The van der Waals surface area contributed by atoms with Gasteiger partial charge in [0.25, 0.3) is 0 Å². The first-order chi connectivity index (χ1) is 5.95. The summed E-state index contributed by atoms with van der Waals surface area (Å²) in [5.74, 6) is 1.08. The molecule has 1 aliphatic rings. The molecule has 5 nitrogen and oxygen atoms in total. The van der Waals surface area contributed by atoms with Gasteiger partial charge < -0.3 is 14.9 Å². The van der Waals surface area contributed by atoms with Crippen LogP contribution >= 0.6 is 0 Å². The lowest BCUT2D eigenvalue weighted by molar-refractivity contribution is 0.512. The summed E-state index contributed by atoms with van der Waals surface area (Å²) in [5.41, 5.74) is 1.88. The minimum Gasteiger partial charge on any atom is -0.328 e. The lowest BCUT2D eigenvalue weighted by Crippen LogP contribution is -2.28. The molecule has 0 spiro atoms. The molecule has 0 saturated heterocycles. The highest BCUT2D eigenvalue weighted by Gasteiger charge is 2.14. The molecule has 2 aromatic heterocycles. The number of rotatable bonds is 0. The Hall–Kier alpha value is -1.36. The molecule has 0 aromatic carbocycles. The Bertz CT molecular complexity index is 412. The number of imidazole rings is 2. The summed E-state index contributed by atoms with van der Waals surface area (Å²) in [6.07, 6.45) is 1.69. The standard InChI is InChI=1S/C7H9N5/c1-2-12-5(3-8-1)11-6-7(12)10-4-9-6/h4,8H,1-3H2,(H,9,10). The van der Waals surface area contributed by atoms with E-state index in [0.29, 0.717) is 0 Å². The third-order valence-corrected chi connectivity index (χ3v) is 2.20. The summed E-state index contributed by atoms with van der Waals surface area (Å²) in [6.45, 7) is 2.83. The van der Waals surface area contributed by atoms with Crippen LogP contribution in [-0.2, 0) is 13.1 Å². The molecular weight excluding hydrogens is 154 g/mol. The highest BCUT2D eigenvalue weighted by Crippen LogP contribution is 2.13. The molecule has 0 radical (unpaired) electrons. The molecule has 2 aromatic rings. The van der Waals surface area contributed by atoms with Gasteiger partial charge in [-0.15, -0.1) is 0 Å². The summed E-state index contributed by atoms with van der Waals surface area (Å²) in [5, 5.41) is 3.27. The van der Waals surface area contributed by atoms with E-state index in [4.69, 9.17) is 0 Å². The SMILES string of the molecule is c1nc2c(nc3n2CCNC3)[nH]1. The Morgan fingerprint density at radius 3 is 3.50 bits per heavy atom. The summed E-state index contributed by atoms with van der Waals surface area (Å²) in [7, 11) is 0. The number of H-pyrrole nitrogens is 1. The van der Waals surface area contributed by atoms with Crippen LogP contribution in [0.25, 0.3) is 11.3 Å². The van der Waals surface area contributed by atoms with Crippen LogP contribution in [0.15, 0.2) is 6.33 Å². The molecule has 62 valence electrons. The van der Waals surface area contributed by atoms with E-state index in [0.717, 1.165) is 36.8 Å². The highest BCUT2D eigenvalue weighted by atomic mass is 15.2. The van der Waals surface area contributed by atoms with Crippen molar-refractivity contribution in [3.05, 3.63) is 12.2 Å². The van der Waals surface area contributed by atoms with E-state index in [2.05, 4.69) is 24.8 Å². The largest absolute Gasteiger partial charge is 0.328 e. The molecule has 5 heteroatoms. The zero-order valence-corrected chi connectivity index (χ0v) is 6.54. The van der Waals surface area contributed by atoms with Crippen LogP contribution in [0.1, 0.15) is 5.82 Å². The Balaban J connectivity index is 2.34. The number of aromatic nitrogens is 4. The average molecular weight is 163 g/mol. The first-order valence-electron chi connectivity index (χ1n) is 4.04. The number of nitrogens with one attached hydrogen (secondary N) is 2. The van der Waals surface area contributed by atoms with Crippen LogP contribution in [0.5, 0.6) is 0 Å². The Morgan fingerprint density at radius 2 is 2.50 bits per heavy atom. The molecule has 12 heavy (non-hydrogen) atoms. The maximum atomic E-state index is 4.40. The molecule has 0 unspecified atom stereocenters. The van der Waals surface area contributed by atoms with Gasteiger partial charge in [0, 0.05) is 13.1 Å². The van der Waals surface area contributed by atoms with E-state index in [1.54, 1.807) is 6.33 Å². The molecule has 0 aliphatic carbocycles. The van der Waals surface area contributed by atoms with Gasteiger partial charge in [0.05, 0.1) is 12.9 Å². The van der Waals surface area contributed by atoms with E-state index < -0.39 is 0 Å². The Labute approximate surface area is 68.8 Å². The summed E-state index contributed by atoms with van der Waals surface area (Å²) >= 11 is 0. The summed E-state index contributed by atoms with van der Waals surface area (Å²) in [4.78, 5) is 11.6. The molecule has 1 aliphatic heterocycles. The van der Waals surface area contributed by atoms with Crippen LogP contribution in [-0.4, -0.2) is 26.1 Å². The molecule has 3 heterocycles. The van der Waals surface area contributed by atoms with Crippen molar-refractivity contribution >= 4 is 11.3 Å². The van der Waals surface area contributed by atoms with Gasteiger partial charge >= 0.3 is 0 Å². The van der Waals surface area contributed by atoms with Gasteiger partial charge in [0.2, 0.25) is 0 Å². The van der Waals surface area contributed by atoms with E-state index in [1.165, 1.54) is 0 Å². The number of fused-ring (bicyclic) bond motifs is 3. The number of hydrogen-bond acceptors (Lipinski definition) is 3. The maximum absolute atomic E-state index is 4.40. The smallest absolute Gasteiger partial charge is 0.179 e. The minimum atomic E-state index is 0.851. The number of hydrogen-bond donors (Lipinski definition) is 2. The lowest BCUT2D eigenvalue weighted by atomic mass is 10.4. The second-order valence-corrected chi connectivity index (χ2v) is 2.93.